The molecule has 78 valence electrons. The number of nitrogens with two attached hydrogens (primary N) is 1. The fraction of sp³-hybridized carbons (Fsp3) is 0.100. The van der Waals surface area contributed by atoms with Gasteiger partial charge in [0.15, 0.2) is 0 Å². The smallest absolute Gasteiger partial charge is 0.146 e. The molecule has 4 nitrogen and oxygen atoms in total. The number of nitrogens with one attached hydrogen (secondary N) is 1. The maximum Gasteiger partial charge on any atom is 0.146 e. The number of imidazole rings is 1. The number of benzene rings is 1. The molecule has 1 aromatic carbocycles. The molecule has 1 heterocycles. The number of nitrogen functional groups attached to an aromatic ring is 1. The zero-order valence-corrected chi connectivity index (χ0v) is 7.90. The Bertz CT molecular complexity index is 455. The van der Waals surface area contributed by atoms with Crippen LogP contribution < -0.4 is 10.5 Å². The van der Waals surface area contributed by atoms with E-state index in [4.69, 9.17) is 10.5 Å². The zero-order chi connectivity index (χ0) is 10.7. The Morgan fingerprint density at radius 1 is 1.47 bits per heavy atom. The number of ether oxygens (including phenoxy) is 1. The maximum absolute atomic E-state index is 12.8. The fourth-order valence-electron chi connectivity index (χ4n) is 1.16. The lowest BCUT2D eigenvalue weighted by Crippen LogP contribution is -1.98. The van der Waals surface area contributed by atoms with E-state index >= 15 is 0 Å². The van der Waals surface area contributed by atoms with Crippen molar-refractivity contribution in [3.05, 3.63) is 42.1 Å². The number of halogens is 1. The van der Waals surface area contributed by atoms with Crippen LogP contribution >= 0.6 is 0 Å². The van der Waals surface area contributed by atoms with Crippen LogP contribution in [0.25, 0.3) is 0 Å². The minimum absolute atomic E-state index is 0.237. The summed E-state index contributed by atoms with van der Waals surface area (Å²) in [6.07, 6.45) is 1.50. The lowest BCUT2D eigenvalue weighted by Gasteiger charge is -2.03. The van der Waals surface area contributed by atoms with Crippen LogP contribution in [-0.2, 0) is 6.61 Å². The average Bonchev–Trinajstić information content (AvgIpc) is 2.62. The molecular weight excluding hydrogens is 197 g/mol. The van der Waals surface area contributed by atoms with E-state index in [1.165, 1.54) is 18.3 Å². The average molecular weight is 207 g/mol. The van der Waals surface area contributed by atoms with Crippen molar-refractivity contribution in [1.29, 1.82) is 0 Å². The van der Waals surface area contributed by atoms with E-state index in [1.807, 2.05) is 0 Å². The van der Waals surface area contributed by atoms with Crippen molar-refractivity contribution in [2.24, 2.45) is 0 Å². The van der Waals surface area contributed by atoms with Crippen LogP contribution in [0.4, 0.5) is 10.2 Å². The van der Waals surface area contributed by atoms with Gasteiger partial charge in [0.25, 0.3) is 0 Å². The first-order valence-corrected chi connectivity index (χ1v) is 4.42. The normalized spacial score (nSPS) is 10.2. The Labute approximate surface area is 85.9 Å². The Morgan fingerprint density at radius 3 is 3.00 bits per heavy atom. The first kappa shape index (κ1) is 9.51. The molecule has 0 saturated carbocycles. The molecule has 3 N–H and O–H groups in total. The predicted octanol–water partition coefficient (Wildman–Crippen LogP) is 1.71. The Morgan fingerprint density at radius 2 is 2.33 bits per heavy atom. The molecule has 0 spiro atoms. The molecule has 0 radical (unpaired) electrons. The number of aromatic amines is 1. The van der Waals surface area contributed by atoms with E-state index in [2.05, 4.69) is 9.97 Å². The first-order valence-electron chi connectivity index (χ1n) is 4.42. The molecule has 1 aromatic heterocycles. The number of nitrogens with zero attached hydrogens (tertiary/aromatic N) is 1. The van der Waals surface area contributed by atoms with E-state index in [0.29, 0.717) is 17.4 Å². The predicted molar refractivity (Wildman–Crippen MR) is 53.7 cm³/mol. The van der Waals surface area contributed by atoms with Gasteiger partial charge in [-0.25, -0.2) is 9.37 Å². The number of hydrogen-bond acceptors (Lipinski definition) is 3. The Balaban J connectivity index is 1.99. The largest absolute Gasteiger partial charge is 0.486 e. The third kappa shape index (κ3) is 2.46. The first-order chi connectivity index (χ1) is 7.24. The van der Waals surface area contributed by atoms with E-state index in [9.17, 15) is 4.39 Å². The van der Waals surface area contributed by atoms with Crippen LogP contribution in [0.5, 0.6) is 5.75 Å². The third-order valence-electron chi connectivity index (χ3n) is 1.82. The van der Waals surface area contributed by atoms with Gasteiger partial charge in [-0.1, -0.05) is 6.07 Å². The van der Waals surface area contributed by atoms with Gasteiger partial charge in [-0.05, 0) is 12.1 Å². The standard InChI is InChI=1S/C10H10FN3O/c11-7-2-1-3-8(4-7)15-6-10-13-5-9(12)14-10/h1-5H,6,12H2,(H,13,14). The summed E-state index contributed by atoms with van der Waals surface area (Å²) >= 11 is 0. The van der Waals surface area contributed by atoms with Crippen molar-refractivity contribution in [3.8, 4) is 5.75 Å². The van der Waals surface area contributed by atoms with Crippen molar-refractivity contribution >= 4 is 5.82 Å². The minimum atomic E-state index is -0.327. The Hall–Kier alpha value is -2.04. The Kier molecular flexibility index (Phi) is 2.53. The van der Waals surface area contributed by atoms with Gasteiger partial charge in [-0.2, -0.15) is 0 Å². The number of aromatic nitrogens is 2. The third-order valence-corrected chi connectivity index (χ3v) is 1.82. The van der Waals surface area contributed by atoms with E-state index in [1.54, 1.807) is 12.1 Å². The summed E-state index contributed by atoms with van der Waals surface area (Å²) in [5, 5.41) is 0. The molecule has 2 aromatic rings. The van der Waals surface area contributed by atoms with Crippen LogP contribution in [0.2, 0.25) is 0 Å². The highest BCUT2D eigenvalue weighted by molar-refractivity contribution is 5.25. The van der Waals surface area contributed by atoms with Gasteiger partial charge >= 0.3 is 0 Å². The van der Waals surface area contributed by atoms with E-state index in [0.717, 1.165) is 0 Å². The molecule has 2 rings (SSSR count). The van der Waals surface area contributed by atoms with Gasteiger partial charge in [0.2, 0.25) is 0 Å². The lowest BCUT2D eigenvalue weighted by atomic mass is 10.3. The topological polar surface area (TPSA) is 63.9 Å². The van der Waals surface area contributed by atoms with Crippen LogP contribution in [0.15, 0.2) is 30.5 Å². The molecule has 0 atom stereocenters. The van der Waals surface area contributed by atoms with Crippen LogP contribution in [0.1, 0.15) is 5.82 Å². The highest BCUT2D eigenvalue weighted by Crippen LogP contribution is 2.13. The van der Waals surface area contributed by atoms with Gasteiger partial charge in [0.1, 0.15) is 29.8 Å². The zero-order valence-electron chi connectivity index (χ0n) is 7.90. The molecule has 5 heteroatoms. The number of rotatable bonds is 3. The van der Waals surface area contributed by atoms with Gasteiger partial charge in [0, 0.05) is 6.07 Å². The molecule has 0 fully saturated rings. The number of anilines is 1. The summed E-state index contributed by atoms with van der Waals surface area (Å²) in [7, 11) is 0. The summed E-state index contributed by atoms with van der Waals surface area (Å²) in [4.78, 5) is 6.76. The van der Waals surface area contributed by atoms with Crippen molar-refractivity contribution in [1.82, 2.24) is 9.97 Å². The monoisotopic (exact) mass is 207 g/mol. The second kappa shape index (κ2) is 4.00. The SMILES string of the molecule is Nc1cnc(COc2cccc(F)c2)[nH]1. The molecular formula is C10H10FN3O. The van der Waals surface area contributed by atoms with Crippen molar-refractivity contribution in [2.45, 2.75) is 6.61 Å². The summed E-state index contributed by atoms with van der Waals surface area (Å²) in [5.41, 5.74) is 5.44. The summed E-state index contributed by atoms with van der Waals surface area (Å²) in [5.74, 6) is 1.22. The quantitative estimate of drug-likeness (QED) is 0.805. The van der Waals surface area contributed by atoms with Crippen molar-refractivity contribution in [2.75, 3.05) is 5.73 Å². The van der Waals surface area contributed by atoms with Crippen LogP contribution in [0.3, 0.4) is 0 Å². The summed E-state index contributed by atoms with van der Waals surface area (Å²) in [6.45, 7) is 0.237. The van der Waals surface area contributed by atoms with Crippen molar-refractivity contribution < 1.29 is 9.13 Å². The molecule has 0 saturated heterocycles. The fourth-order valence-corrected chi connectivity index (χ4v) is 1.16. The highest BCUT2D eigenvalue weighted by atomic mass is 19.1. The molecule has 0 aliphatic rings. The number of hydrogen-bond donors (Lipinski definition) is 2. The van der Waals surface area contributed by atoms with Gasteiger partial charge in [-0.15, -0.1) is 0 Å². The maximum atomic E-state index is 12.8. The van der Waals surface area contributed by atoms with Crippen LogP contribution in [-0.4, -0.2) is 9.97 Å². The molecule has 0 amide bonds. The van der Waals surface area contributed by atoms with Gasteiger partial charge in [-0.3, -0.25) is 0 Å². The van der Waals surface area contributed by atoms with E-state index < -0.39 is 0 Å². The van der Waals surface area contributed by atoms with Gasteiger partial charge < -0.3 is 15.5 Å². The number of H-pyrrole nitrogens is 1. The lowest BCUT2D eigenvalue weighted by molar-refractivity contribution is 0.295. The second-order valence-electron chi connectivity index (χ2n) is 3.03. The highest BCUT2D eigenvalue weighted by Gasteiger charge is 2.00. The second-order valence-corrected chi connectivity index (χ2v) is 3.03. The van der Waals surface area contributed by atoms with E-state index in [-0.39, 0.29) is 12.4 Å². The molecule has 0 unspecified atom stereocenters. The molecule has 0 aliphatic heterocycles. The summed E-state index contributed by atoms with van der Waals surface area (Å²) < 4.78 is 18.1. The summed E-state index contributed by atoms with van der Waals surface area (Å²) in [6, 6.07) is 5.93. The van der Waals surface area contributed by atoms with Crippen LogP contribution in [0, 0.1) is 5.82 Å². The van der Waals surface area contributed by atoms with Crippen molar-refractivity contribution in [3.63, 3.8) is 0 Å². The molecule has 0 aliphatic carbocycles. The van der Waals surface area contributed by atoms with Gasteiger partial charge in [0.05, 0.1) is 6.20 Å². The minimum Gasteiger partial charge on any atom is -0.486 e. The molecule has 0 bridgehead atoms. The molecule has 15 heavy (non-hydrogen) atoms.